The Bertz CT molecular complexity index is 750. The Balaban J connectivity index is 1.82. The minimum absolute atomic E-state index is 0.0924. The van der Waals surface area contributed by atoms with E-state index < -0.39 is 17.1 Å². The number of nitrogens with two attached hydrogens (primary N) is 1. The van der Waals surface area contributed by atoms with Crippen LogP contribution in [0, 0.1) is 12.3 Å². The second kappa shape index (κ2) is 5.43. The molecule has 0 bridgehead atoms. The van der Waals surface area contributed by atoms with E-state index in [-0.39, 0.29) is 19.8 Å². The fraction of sp³-hybridized carbons (Fsp3) is 0.333. The van der Waals surface area contributed by atoms with E-state index in [9.17, 15) is 9.59 Å². The van der Waals surface area contributed by atoms with Gasteiger partial charge in [0.25, 0.3) is 5.91 Å². The van der Waals surface area contributed by atoms with Crippen molar-refractivity contribution in [2.75, 3.05) is 25.1 Å². The zero-order valence-electron chi connectivity index (χ0n) is 12.1. The molecule has 1 aliphatic rings. The van der Waals surface area contributed by atoms with Gasteiger partial charge in [0.15, 0.2) is 0 Å². The molecule has 2 aromatic heterocycles. The normalized spacial score (nSPS) is 16.1. The van der Waals surface area contributed by atoms with Crippen molar-refractivity contribution in [3.05, 3.63) is 30.1 Å². The van der Waals surface area contributed by atoms with Gasteiger partial charge in [0.1, 0.15) is 5.82 Å². The first-order valence-electron chi connectivity index (χ1n) is 6.91. The molecule has 3 heterocycles. The number of fused-ring (bicyclic) bond motifs is 1. The highest BCUT2D eigenvalue weighted by atomic mass is 16.5. The number of aromatic nitrogens is 2. The highest BCUT2D eigenvalue weighted by Gasteiger charge is 2.47. The van der Waals surface area contributed by atoms with Crippen LogP contribution in [-0.2, 0) is 14.3 Å². The summed E-state index contributed by atoms with van der Waals surface area (Å²) >= 11 is 0. The topological polar surface area (TPSA) is 107 Å². The Kier molecular flexibility index (Phi) is 3.59. The number of nitrogens with one attached hydrogen (secondary N) is 1. The molecule has 7 nitrogen and oxygen atoms in total. The van der Waals surface area contributed by atoms with E-state index >= 15 is 0 Å². The number of pyridine rings is 2. The van der Waals surface area contributed by atoms with Gasteiger partial charge in [-0.1, -0.05) is 0 Å². The van der Waals surface area contributed by atoms with Crippen LogP contribution in [0.1, 0.15) is 5.56 Å². The molecule has 1 fully saturated rings. The number of rotatable bonds is 4. The first-order chi connectivity index (χ1) is 10.6. The van der Waals surface area contributed by atoms with Crippen molar-refractivity contribution in [1.29, 1.82) is 0 Å². The maximum Gasteiger partial charge on any atom is 0.293 e. The fourth-order valence-corrected chi connectivity index (χ4v) is 2.35. The summed E-state index contributed by atoms with van der Waals surface area (Å²) in [5.74, 6) is -0.950. The van der Waals surface area contributed by atoms with Gasteiger partial charge in [-0.3, -0.25) is 14.6 Å². The Hall–Kier alpha value is -2.38. The lowest BCUT2D eigenvalue weighted by molar-refractivity contribution is -0.162. The Morgan fingerprint density at radius 3 is 2.77 bits per heavy atom. The Morgan fingerprint density at radius 1 is 1.36 bits per heavy atom. The van der Waals surface area contributed by atoms with Crippen LogP contribution in [0.2, 0.25) is 0 Å². The molecule has 7 heteroatoms. The van der Waals surface area contributed by atoms with E-state index in [2.05, 4.69) is 15.3 Å². The van der Waals surface area contributed by atoms with E-state index in [4.69, 9.17) is 10.5 Å². The van der Waals surface area contributed by atoms with Gasteiger partial charge in [-0.05, 0) is 24.6 Å². The first-order valence-corrected chi connectivity index (χ1v) is 6.91. The summed E-state index contributed by atoms with van der Waals surface area (Å²) in [7, 11) is 0. The van der Waals surface area contributed by atoms with Crippen LogP contribution in [0.4, 0.5) is 5.82 Å². The Labute approximate surface area is 126 Å². The predicted molar refractivity (Wildman–Crippen MR) is 80.2 cm³/mol. The monoisotopic (exact) mass is 300 g/mol. The van der Waals surface area contributed by atoms with Crippen LogP contribution >= 0.6 is 0 Å². The predicted octanol–water partition coefficient (Wildman–Crippen LogP) is 0.421. The van der Waals surface area contributed by atoms with Crippen molar-refractivity contribution >= 4 is 28.4 Å². The second-order valence-electron chi connectivity index (χ2n) is 5.49. The first kappa shape index (κ1) is 14.6. The SMILES string of the molecule is Cc1cncc2ccc(NC(=O)C(=O)C3(CN)COC3)nc12. The minimum Gasteiger partial charge on any atom is -0.379 e. The highest BCUT2D eigenvalue weighted by Crippen LogP contribution is 2.27. The van der Waals surface area contributed by atoms with Gasteiger partial charge < -0.3 is 15.8 Å². The summed E-state index contributed by atoms with van der Waals surface area (Å²) in [6.07, 6.45) is 3.39. The molecule has 1 aliphatic heterocycles. The molecule has 1 saturated heterocycles. The molecule has 0 aromatic carbocycles. The van der Waals surface area contributed by atoms with Crippen molar-refractivity contribution in [3.63, 3.8) is 0 Å². The molecule has 114 valence electrons. The number of anilines is 1. The van der Waals surface area contributed by atoms with Crippen LogP contribution in [0.15, 0.2) is 24.5 Å². The van der Waals surface area contributed by atoms with Gasteiger partial charge in [-0.25, -0.2) is 4.98 Å². The molecule has 2 aromatic rings. The molecule has 1 amide bonds. The summed E-state index contributed by atoms with van der Waals surface area (Å²) in [5, 5.41) is 3.41. The number of hydrogen-bond donors (Lipinski definition) is 2. The third-order valence-corrected chi connectivity index (χ3v) is 3.86. The van der Waals surface area contributed by atoms with Crippen LogP contribution in [0.25, 0.3) is 10.9 Å². The highest BCUT2D eigenvalue weighted by molar-refractivity contribution is 6.42. The quantitative estimate of drug-likeness (QED) is 0.792. The number of amides is 1. The van der Waals surface area contributed by atoms with E-state index in [0.717, 1.165) is 16.5 Å². The minimum atomic E-state index is -0.888. The van der Waals surface area contributed by atoms with E-state index in [1.54, 1.807) is 24.5 Å². The lowest BCUT2D eigenvalue weighted by atomic mass is 9.81. The zero-order valence-corrected chi connectivity index (χ0v) is 12.1. The van der Waals surface area contributed by atoms with E-state index in [0.29, 0.717) is 5.82 Å². The molecule has 22 heavy (non-hydrogen) atoms. The average Bonchev–Trinajstić information content (AvgIpc) is 2.47. The van der Waals surface area contributed by atoms with Crippen molar-refractivity contribution in [2.24, 2.45) is 11.1 Å². The Morgan fingerprint density at radius 2 is 2.14 bits per heavy atom. The smallest absolute Gasteiger partial charge is 0.293 e. The van der Waals surface area contributed by atoms with Crippen molar-refractivity contribution < 1.29 is 14.3 Å². The lowest BCUT2D eigenvalue weighted by Crippen LogP contribution is -2.57. The molecule has 3 rings (SSSR count). The largest absolute Gasteiger partial charge is 0.379 e. The number of nitrogens with zero attached hydrogens (tertiary/aromatic N) is 2. The van der Waals surface area contributed by atoms with Gasteiger partial charge in [0, 0.05) is 24.3 Å². The van der Waals surface area contributed by atoms with E-state index in [1.807, 2.05) is 6.92 Å². The van der Waals surface area contributed by atoms with Crippen molar-refractivity contribution in [2.45, 2.75) is 6.92 Å². The third kappa shape index (κ3) is 2.34. The maximum absolute atomic E-state index is 12.2. The molecule has 0 spiro atoms. The average molecular weight is 300 g/mol. The van der Waals surface area contributed by atoms with Gasteiger partial charge >= 0.3 is 0 Å². The van der Waals surface area contributed by atoms with Gasteiger partial charge in [-0.15, -0.1) is 0 Å². The molecule has 0 aliphatic carbocycles. The number of hydrogen-bond acceptors (Lipinski definition) is 6. The molecule has 0 saturated carbocycles. The maximum atomic E-state index is 12.2. The molecule has 3 N–H and O–H groups in total. The number of ether oxygens (including phenoxy) is 1. The summed E-state index contributed by atoms with van der Waals surface area (Å²) in [6, 6.07) is 3.44. The lowest BCUT2D eigenvalue weighted by Gasteiger charge is -2.37. The third-order valence-electron chi connectivity index (χ3n) is 3.86. The van der Waals surface area contributed by atoms with Gasteiger partial charge in [0.05, 0.1) is 24.1 Å². The molecule has 0 atom stereocenters. The number of ketones is 1. The molecular weight excluding hydrogens is 284 g/mol. The summed E-state index contributed by atoms with van der Waals surface area (Å²) in [4.78, 5) is 32.8. The van der Waals surface area contributed by atoms with Crippen molar-refractivity contribution in [1.82, 2.24) is 9.97 Å². The van der Waals surface area contributed by atoms with Crippen LogP contribution in [0.3, 0.4) is 0 Å². The molecular formula is C15H16N4O3. The van der Waals surface area contributed by atoms with Crippen LogP contribution < -0.4 is 11.1 Å². The molecule has 0 radical (unpaired) electrons. The summed E-state index contributed by atoms with van der Waals surface area (Å²) < 4.78 is 5.02. The van der Waals surface area contributed by atoms with Gasteiger partial charge in [0.2, 0.25) is 5.78 Å². The van der Waals surface area contributed by atoms with Gasteiger partial charge in [-0.2, -0.15) is 0 Å². The fourth-order valence-electron chi connectivity index (χ4n) is 2.35. The summed E-state index contributed by atoms with van der Waals surface area (Å²) in [5.41, 5.74) is 6.33. The molecule has 0 unspecified atom stereocenters. The number of aryl methyl sites for hydroxylation is 1. The van der Waals surface area contributed by atoms with Crippen LogP contribution in [-0.4, -0.2) is 41.4 Å². The van der Waals surface area contributed by atoms with Crippen molar-refractivity contribution in [3.8, 4) is 0 Å². The van der Waals surface area contributed by atoms with Crippen LogP contribution in [0.5, 0.6) is 0 Å². The number of Topliss-reactive ketones (excluding diaryl/α,β-unsaturated/α-hetero) is 1. The number of carbonyl (C=O) groups excluding carboxylic acids is 2. The standard InChI is InChI=1S/C15H16N4O3/c1-9-4-17-5-10-2-3-11(18-12(9)10)19-14(21)13(20)15(6-16)7-22-8-15/h2-5H,6-8,16H2,1H3,(H,18,19,21). The zero-order chi connectivity index (χ0) is 15.7. The summed E-state index contributed by atoms with van der Waals surface area (Å²) in [6.45, 7) is 2.35. The number of carbonyl (C=O) groups is 2. The van der Waals surface area contributed by atoms with E-state index in [1.165, 1.54) is 0 Å². The second-order valence-corrected chi connectivity index (χ2v) is 5.49.